The summed E-state index contributed by atoms with van der Waals surface area (Å²) in [7, 11) is 0. The summed E-state index contributed by atoms with van der Waals surface area (Å²) in [6, 6.07) is 11.1. The Hall–Kier alpha value is -2.63. The van der Waals surface area contributed by atoms with Crippen LogP contribution in [0.3, 0.4) is 0 Å². The molecule has 0 aromatic heterocycles. The first-order chi connectivity index (χ1) is 13.6. The molecule has 0 spiro atoms. The number of piperazine rings is 1. The normalized spacial score (nSPS) is 19.1. The fraction of sp³-hybridized carbons (Fsp3) is 0.348. The number of carbonyl (C=O) groups excluding carboxylic acids is 1. The Morgan fingerprint density at radius 3 is 2.50 bits per heavy atom. The van der Waals surface area contributed by atoms with Gasteiger partial charge in [-0.05, 0) is 42.8 Å². The molecule has 1 N–H and O–H groups in total. The van der Waals surface area contributed by atoms with Crippen LogP contribution in [0.5, 0.6) is 11.5 Å². The van der Waals surface area contributed by atoms with Crippen molar-refractivity contribution in [3.05, 3.63) is 64.4 Å². The Labute approximate surface area is 165 Å². The summed E-state index contributed by atoms with van der Waals surface area (Å²) in [5.74, 6) is 0.867. The van der Waals surface area contributed by atoms with Crippen LogP contribution in [-0.2, 0) is 6.54 Å². The molecule has 2 heterocycles. The number of allylic oxidation sites excluding steroid dienone is 1. The summed E-state index contributed by atoms with van der Waals surface area (Å²) < 4.78 is 5.99. The zero-order valence-electron chi connectivity index (χ0n) is 16.4. The molecule has 2 aliphatic heterocycles. The molecule has 0 amide bonds. The molecule has 146 valence electrons. The molecule has 1 fully saturated rings. The van der Waals surface area contributed by atoms with Gasteiger partial charge in [-0.15, -0.1) is 0 Å². The number of Topliss-reactive ketones (excluding diaryl/α,β-unsaturated/α-hetero) is 1. The van der Waals surface area contributed by atoms with E-state index in [-0.39, 0.29) is 11.5 Å². The predicted octanol–water partition coefficient (Wildman–Crippen LogP) is 3.45. The SMILES string of the molecule is CCN1CCN(Cc2c(O)ccc3c2O/C(=C/c2ccccc2C)C3=O)CC1. The molecular formula is C23H26N2O3. The van der Waals surface area contributed by atoms with Crippen molar-refractivity contribution < 1.29 is 14.6 Å². The van der Waals surface area contributed by atoms with E-state index in [2.05, 4.69) is 16.7 Å². The molecule has 2 aliphatic rings. The molecule has 0 unspecified atom stereocenters. The highest BCUT2D eigenvalue weighted by molar-refractivity contribution is 6.15. The van der Waals surface area contributed by atoms with Gasteiger partial charge in [-0.1, -0.05) is 31.2 Å². The predicted molar refractivity (Wildman–Crippen MR) is 110 cm³/mol. The molecule has 5 heteroatoms. The van der Waals surface area contributed by atoms with Gasteiger partial charge in [0.1, 0.15) is 11.5 Å². The van der Waals surface area contributed by atoms with Gasteiger partial charge >= 0.3 is 0 Å². The number of likely N-dealkylation sites (N-methyl/N-ethyl adjacent to an activating group) is 1. The summed E-state index contributed by atoms with van der Waals surface area (Å²) >= 11 is 0. The summed E-state index contributed by atoms with van der Waals surface area (Å²) in [6.45, 7) is 9.74. The Morgan fingerprint density at radius 2 is 1.79 bits per heavy atom. The van der Waals surface area contributed by atoms with Crippen molar-refractivity contribution in [1.82, 2.24) is 9.80 Å². The first-order valence-electron chi connectivity index (χ1n) is 9.86. The van der Waals surface area contributed by atoms with Gasteiger partial charge in [0.15, 0.2) is 5.76 Å². The number of nitrogens with zero attached hydrogens (tertiary/aromatic N) is 2. The number of aryl methyl sites for hydroxylation is 1. The van der Waals surface area contributed by atoms with Crippen molar-refractivity contribution in [3.8, 4) is 11.5 Å². The van der Waals surface area contributed by atoms with Crippen LogP contribution in [0.1, 0.15) is 34.0 Å². The maximum absolute atomic E-state index is 12.9. The first-order valence-corrected chi connectivity index (χ1v) is 9.86. The molecule has 0 aliphatic carbocycles. The summed E-state index contributed by atoms with van der Waals surface area (Å²) in [5, 5.41) is 10.5. The van der Waals surface area contributed by atoms with E-state index in [1.165, 1.54) is 0 Å². The average Bonchev–Trinajstić information content (AvgIpc) is 3.02. The molecule has 0 saturated carbocycles. The third-order valence-corrected chi connectivity index (χ3v) is 5.69. The van der Waals surface area contributed by atoms with Crippen molar-refractivity contribution in [2.45, 2.75) is 20.4 Å². The van der Waals surface area contributed by atoms with Gasteiger partial charge in [-0.2, -0.15) is 0 Å². The topological polar surface area (TPSA) is 53.0 Å². The standard InChI is InChI=1S/C23H26N2O3/c1-3-24-10-12-25(13-11-24)15-19-20(26)9-8-18-22(27)21(28-23(18)19)14-17-7-5-4-6-16(17)2/h4-9,14,26H,3,10-13,15H2,1-2H3/b21-14+. The first kappa shape index (κ1) is 18.7. The number of aromatic hydroxyl groups is 1. The maximum atomic E-state index is 12.9. The number of hydrogen-bond donors (Lipinski definition) is 1. The molecule has 2 aromatic carbocycles. The van der Waals surface area contributed by atoms with Gasteiger partial charge in [0, 0.05) is 32.7 Å². The van der Waals surface area contributed by atoms with Gasteiger partial charge in [-0.25, -0.2) is 0 Å². The fourth-order valence-electron chi connectivity index (χ4n) is 3.83. The molecule has 4 rings (SSSR count). The Morgan fingerprint density at radius 1 is 1.07 bits per heavy atom. The lowest BCUT2D eigenvalue weighted by atomic mass is 10.0. The van der Waals surface area contributed by atoms with Crippen molar-refractivity contribution in [3.63, 3.8) is 0 Å². The molecule has 1 saturated heterocycles. The number of phenolic OH excluding ortho intramolecular Hbond substituents is 1. The number of ketones is 1. The van der Waals surface area contributed by atoms with Crippen LogP contribution in [0.4, 0.5) is 0 Å². The average molecular weight is 378 g/mol. The van der Waals surface area contributed by atoms with E-state index in [1.807, 2.05) is 31.2 Å². The van der Waals surface area contributed by atoms with Crippen LogP contribution in [-0.4, -0.2) is 53.4 Å². The second-order valence-corrected chi connectivity index (χ2v) is 7.45. The number of ether oxygens (including phenoxy) is 1. The minimum Gasteiger partial charge on any atom is -0.507 e. The van der Waals surface area contributed by atoms with Crippen LogP contribution in [0, 0.1) is 6.92 Å². The Bertz CT molecular complexity index is 927. The lowest BCUT2D eigenvalue weighted by molar-refractivity contribution is 0.101. The number of carbonyl (C=O) groups is 1. The number of phenols is 1. The van der Waals surface area contributed by atoms with Gasteiger partial charge in [-0.3, -0.25) is 9.69 Å². The van der Waals surface area contributed by atoms with Crippen molar-refractivity contribution >= 4 is 11.9 Å². The van der Waals surface area contributed by atoms with E-state index < -0.39 is 0 Å². The lowest BCUT2D eigenvalue weighted by Crippen LogP contribution is -2.45. The van der Waals surface area contributed by atoms with Gasteiger partial charge in [0.05, 0.1) is 11.1 Å². The van der Waals surface area contributed by atoms with E-state index in [0.717, 1.165) is 43.9 Å². The van der Waals surface area contributed by atoms with Crippen LogP contribution >= 0.6 is 0 Å². The van der Waals surface area contributed by atoms with Crippen LogP contribution < -0.4 is 4.74 Å². The van der Waals surface area contributed by atoms with Crippen molar-refractivity contribution in [1.29, 1.82) is 0 Å². The molecule has 0 bridgehead atoms. The molecule has 0 radical (unpaired) electrons. The monoisotopic (exact) mass is 378 g/mol. The van der Waals surface area contributed by atoms with E-state index >= 15 is 0 Å². The second-order valence-electron chi connectivity index (χ2n) is 7.45. The number of fused-ring (bicyclic) bond motifs is 1. The summed E-state index contributed by atoms with van der Waals surface area (Å²) in [5.41, 5.74) is 3.27. The van der Waals surface area contributed by atoms with E-state index in [9.17, 15) is 9.90 Å². The van der Waals surface area contributed by atoms with E-state index in [0.29, 0.717) is 29.2 Å². The fourth-order valence-corrected chi connectivity index (χ4v) is 3.83. The molecule has 0 atom stereocenters. The highest BCUT2D eigenvalue weighted by Gasteiger charge is 2.32. The van der Waals surface area contributed by atoms with Gasteiger partial charge < -0.3 is 14.7 Å². The second kappa shape index (κ2) is 7.78. The Balaban J connectivity index is 1.60. The minimum atomic E-state index is -0.129. The minimum absolute atomic E-state index is 0.129. The quantitative estimate of drug-likeness (QED) is 0.826. The molecular weight excluding hydrogens is 352 g/mol. The zero-order chi connectivity index (χ0) is 19.7. The summed E-state index contributed by atoms with van der Waals surface area (Å²) in [6.07, 6.45) is 1.79. The number of benzene rings is 2. The largest absolute Gasteiger partial charge is 0.507 e. The molecule has 28 heavy (non-hydrogen) atoms. The highest BCUT2D eigenvalue weighted by Crippen LogP contribution is 2.40. The number of hydrogen-bond acceptors (Lipinski definition) is 5. The van der Waals surface area contributed by atoms with Crippen LogP contribution in [0.15, 0.2) is 42.2 Å². The number of rotatable bonds is 4. The van der Waals surface area contributed by atoms with E-state index in [1.54, 1.807) is 18.2 Å². The van der Waals surface area contributed by atoms with Crippen molar-refractivity contribution in [2.24, 2.45) is 0 Å². The van der Waals surface area contributed by atoms with Gasteiger partial charge in [0.25, 0.3) is 0 Å². The van der Waals surface area contributed by atoms with Crippen LogP contribution in [0.25, 0.3) is 6.08 Å². The Kier molecular flexibility index (Phi) is 5.20. The van der Waals surface area contributed by atoms with Crippen LogP contribution in [0.2, 0.25) is 0 Å². The summed E-state index contributed by atoms with van der Waals surface area (Å²) in [4.78, 5) is 17.6. The third-order valence-electron chi connectivity index (χ3n) is 5.69. The van der Waals surface area contributed by atoms with E-state index in [4.69, 9.17) is 4.74 Å². The molecule has 5 nitrogen and oxygen atoms in total. The third kappa shape index (κ3) is 3.55. The lowest BCUT2D eigenvalue weighted by Gasteiger charge is -2.34. The molecule has 2 aromatic rings. The zero-order valence-corrected chi connectivity index (χ0v) is 16.4. The van der Waals surface area contributed by atoms with Gasteiger partial charge in [0.2, 0.25) is 5.78 Å². The van der Waals surface area contributed by atoms with Crippen molar-refractivity contribution in [2.75, 3.05) is 32.7 Å². The smallest absolute Gasteiger partial charge is 0.231 e. The maximum Gasteiger partial charge on any atom is 0.231 e. The highest BCUT2D eigenvalue weighted by atomic mass is 16.5.